The van der Waals surface area contributed by atoms with Crippen LogP contribution in [0.25, 0.3) is 0 Å². The number of aliphatic hydroxyl groups excluding tert-OH is 1. The number of halogens is 1. The molecule has 0 aliphatic heterocycles. The summed E-state index contributed by atoms with van der Waals surface area (Å²) in [6, 6.07) is 0. The molecule has 0 saturated heterocycles. The van der Waals surface area contributed by atoms with Crippen LogP contribution in [0.3, 0.4) is 0 Å². The lowest BCUT2D eigenvalue weighted by Crippen LogP contribution is -2.36. The maximum absolute atomic E-state index is 11.3. The van der Waals surface area contributed by atoms with Gasteiger partial charge in [-0.1, -0.05) is 33.1 Å². The van der Waals surface area contributed by atoms with E-state index in [1.165, 1.54) is 7.11 Å². The Kier molecular flexibility index (Phi) is 11.1. The average Bonchev–Trinajstić information content (AvgIpc) is 2.48. The van der Waals surface area contributed by atoms with E-state index in [0.717, 1.165) is 19.3 Å². The zero-order valence-corrected chi connectivity index (χ0v) is 16.1. The molecule has 0 bridgehead atoms. The summed E-state index contributed by atoms with van der Waals surface area (Å²) in [5.74, 6) is -0.311. The monoisotopic (exact) mass is 350 g/mol. The van der Waals surface area contributed by atoms with Crippen LogP contribution in [0.2, 0.25) is 0 Å². The van der Waals surface area contributed by atoms with Crippen LogP contribution in [0.1, 0.15) is 72.6 Å². The summed E-state index contributed by atoms with van der Waals surface area (Å²) in [5.41, 5.74) is -0.903. The molecule has 0 saturated carbocycles. The first-order chi connectivity index (χ1) is 10.7. The molecule has 0 radical (unpaired) electrons. The maximum Gasteiger partial charge on any atom is 0.308 e. The number of aliphatic hydroxyl groups is 2. The van der Waals surface area contributed by atoms with Gasteiger partial charge in [-0.05, 0) is 44.9 Å². The molecule has 138 valence electrons. The zero-order chi connectivity index (χ0) is 18.0. The summed E-state index contributed by atoms with van der Waals surface area (Å²) >= 11 is 6.28. The van der Waals surface area contributed by atoms with E-state index in [1.54, 1.807) is 6.92 Å². The summed E-state index contributed by atoms with van der Waals surface area (Å²) in [6.45, 7) is 7.88. The van der Waals surface area contributed by atoms with E-state index < -0.39 is 17.7 Å². The standard InChI is InChI=1S/C18H35ClO4/c1-6-8-9-15(13(3)19)12-18(4,22)11-14(7-2)16(20)10-17(21)23-5/h13-16,20,22H,6-12H2,1-5H3/t13-,14+,15-,16+,18-/m0/s1. The predicted octanol–water partition coefficient (Wildman–Crippen LogP) is 3.90. The van der Waals surface area contributed by atoms with Crippen molar-refractivity contribution in [1.29, 1.82) is 0 Å². The number of rotatable bonds is 12. The van der Waals surface area contributed by atoms with Crippen molar-refractivity contribution in [2.24, 2.45) is 11.8 Å². The molecule has 0 amide bonds. The molecular weight excluding hydrogens is 316 g/mol. The van der Waals surface area contributed by atoms with Crippen molar-refractivity contribution in [2.45, 2.75) is 89.7 Å². The lowest BCUT2D eigenvalue weighted by Gasteiger charge is -2.34. The van der Waals surface area contributed by atoms with Crippen molar-refractivity contribution >= 4 is 17.6 Å². The number of hydrogen-bond donors (Lipinski definition) is 2. The summed E-state index contributed by atoms with van der Waals surface area (Å²) in [6.07, 6.45) is 4.14. The SMILES string of the molecule is CCCC[C@@H](C[C@@](C)(O)C[C@@H](CC)[C@H](O)CC(=O)OC)[C@H](C)Cl. The first-order valence-electron chi connectivity index (χ1n) is 8.78. The number of alkyl halides is 1. The number of methoxy groups -OCH3 is 1. The molecule has 0 aromatic carbocycles. The minimum atomic E-state index is -0.903. The van der Waals surface area contributed by atoms with Gasteiger partial charge in [-0.3, -0.25) is 4.79 Å². The van der Waals surface area contributed by atoms with Crippen LogP contribution in [0.15, 0.2) is 0 Å². The topological polar surface area (TPSA) is 66.8 Å². The molecule has 5 atom stereocenters. The second-order valence-electron chi connectivity index (χ2n) is 7.00. The molecule has 0 heterocycles. The molecule has 0 aromatic heterocycles. The predicted molar refractivity (Wildman–Crippen MR) is 94.6 cm³/mol. The van der Waals surface area contributed by atoms with Gasteiger partial charge in [-0.2, -0.15) is 0 Å². The van der Waals surface area contributed by atoms with Crippen molar-refractivity contribution in [3.63, 3.8) is 0 Å². The smallest absolute Gasteiger partial charge is 0.308 e. The minimum absolute atomic E-state index is 0.00749. The molecule has 0 fully saturated rings. The molecule has 4 nitrogen and oxygen atoms in total. The molecule has 0 aliphatic rings. The maximum atomic E-state index is 11.3. The normalized spacial score (nSPS) is 19.5. The Morgan fingerprint density at radius 2 is 1.83 bits per heavy atom. The van der Waals surface area contributed by atoms with Gasteiger partial charge in [0.1, 0.15) is 0 Å². The second-order valence-corrected chi connectivity index (χ2v) is 7.69. The van der Waals surface area contributed by atoms with Gasteiger partial charge in [0.2, 0.25) is 0 Å². The van der Waals surface area contributed by atoms with Crippen molar-refractivity contribution in [3.8, 4) is 0 Å². The zero-order valence-electron chi connectivity index (χ0n) is 15.3. The molecule has 0 aliphatic carbocycles. The van der Waals surface area contributed by atoms with Gasteiger partial charge in [-0.25, -0.2) is 0 Å². The van der Waals surface area contributed by atoms with Crippen LogP contribution < -0.4 is 0 Å². The molecular formula is C18H35ClO4. The third kappa shape index (κ3) is 9.53. The first kappa shape index (κ1) is 22.7. The summed E-state index contributed by atoms with van der Waals surface area (Å²) in [7, 11) is 1.31. The highest BCUT2D eigenvalue weighted by molar-refractivity contribution is 6.20. The third-order valence-corrected chi connectivity index (χ3v) is 5.01. The number of ether oxygens (including phenoxy) is 1. The van der Waals surface area contributed by atoms with E-state index in [4.69, 9.17) is 11.6 Å². The lowest BCUT2D eigenvalue weighted by molar-refractivity contribution is -0.144. The highest BCUT2D eigenvalue weighted by Crippen LogP contribution is 2.33. The van der Waals surface area contributed by atoms with Crippen LogP contribution in [0.4, 0.5) is 0 Å². The van der Waals surface area contributed by atoms with E-state index in [-0.39, 0.29) is 23.6 Å². The number of hydrogen-bond acceptors (Lipinski definition) is 4. The molecule has 0 aromatic rings. The Morgan fingerprint density at radius 1 is 1.26 bits per heavy atom. The largest absolute Gasteiger partial charge is 0.469 e. The van der Waals surface area contributed by atoms with Crippen LogP contribution in [0.5, 0.6) is 0 Å². The Morgan fingerprint density at radius 3 is 2.26 bits per heavy atom. The van der Waals surface area contributed by atoms with Crippen LogP contribution in [0, 0.1) is 11.8 Å². The summed E-state index contributed by atoms with van der Waals surface area (Å²) < 4.78 is 4.61. The first-order valence-corrected chi connectivity index (χ1v) is 9.21. The Labute approximate surface area is 146 Å². The Balaban J connectivity index is 4.73. The van der Waals surface area contributed by atoms with Crippen molar-refractivity contribution in [3.05, 3.63) is 0 Å². The molecule has 0 spiro atoms. The van der Waals surface area contributed by atoms with E-state index in [0.29, 0.717) is 19.3 Å². The quantitative estimate of drug-likeness (QED) is 0.414. The Hall–Kier alpha value is -0.320. The van der Waals surface area contributed by atoms with Crippen molar-refractivity contribution < 1.29 is 19.7 Å². The fourth-order valence-electron chi connectivity index (χ4n) is 3.15. The fraction of sp³-hybridized carbons (Fsp3) is 0.944. The molecule has 0 rings (SSSR count). The third-order valence-electron chi connectivity index (χ3n) is 4.65. The highest BCUT2D eigenvalue weighted by Gasteiger charge is 2.33. The van der Waals surface area contributed by atoms with Crippen LogP contribution in [-0.2, 0) is 9.53 Å². The van der Waals surface area contributed by atoms with E-state index >= 15 is 0 Å². The molecule has 23 heavy (non-hydrogen) atoms. The van der Waals surface area contributed by atoms with Gasteiger partial charge < -0.3 is 14.9 Å². The average molecular weight is 351 g/mol. The highest BCUT2D eigenvalue weighted by atomic mass is 35.5. The van der Waals surface area contributed by atoms with Crippen LogP contribution >= 0.6 is 11.6 Å². The second kappa shape index (κ2) is 11.3. The summed E-state index contributed by atoms with van der Waals surface area (Å²) in [5, 5.41) is 21.0. The van der Waals surface area contributed by atoms with Gasteiger partial charge in [0.25, 0.3) is 0 Å². The van der Waals surface area contributed by atoms with Gasteiger partial charge in [0.05, 0.1) is 25.2 Å². The van der Waals surface area contributed by atoms with E-state index in [9.17, 15) is 15.0 Å². The van der Waals surface area contributed by atoms with Crippen LogP contribution in [-0.4, -0.2) is 40.4 Å². The van der Waals surface area contributed by atoms with E-state index in [1.807, 2.05) is 13.8 Å². The summed E-state index contributed by atoms with van der Waals surface area (Å²) in [4.78, 5) is 11.3. The van der Waals surface area contributed by atoms with Crippen molar-refractivity contribution in [1.82, 2.24) is 0 Å². The molecule has 2 N–H and O–H groups in total. The molecule has 0 unspecified atom stereocenters. The Bertz CT molecular complexity index is 331. The molecule has 5 heteroatoms. The van der Waals surface area contributed by atoms with E-state index in [2.05, 4.69) is 11.7 Å². The number of unbranched alkanes of at least 4 members (excludes halogenated alkanes) is 1. The fourth-order valence-corrected chi connectivity index (χ4v) is 3.36. The number of carbonyl (C=O) groups excluding carboxylic acids is 1. The lowest BCUT2D eigenvalue weighted by atomic mass is 9.79. The van der Waals surface area contributed by atoms with Crippen molar-refractivity contribution in [2.75, 3.05) is 7.11 Å². The van der Waals surface area contributed by atoms with Gasteiger partial charge >= 0.3 is 5.97 Å². The number of carbonyl (C=O) groups is 1. The number of esters is 1. The van der Waals surface area contributed by atoms with Gasteiger partial charge in [0, 0.05) is 5.38 Å². The van der Waals surface area contributed by atoms with Gasteiger partial charge in [-0.15, -0.1) is 11.6 Å². The minimum Gasteiger partial charge on any atom is -0.469 e. The van der Waals surface area contributed by atoms with Gasteiger partial charge in [0.15, 0.2) is 0 Å².